The van der Waals surface area contributed by atoms with Crippen LogP contribution in [0.2, 0.25) is 5.02 Å². The van der Waals surface area contributed by atoms with E-state index in [4.69, 9.17) is 20.9 Å². The zero-order valence-corrected chi connectivity index (χ0v) is 27.6. The molecule has 0 unspecified atom stereocenters. The van der Waals surface area contributed by atoms with E-state index in [0.717, 1.165) is 0 Å². The summed E-state index contributed by atoms with van der Waals surface area (Å²) in [5, 5.41) is 30.9. The number of hydrogen-bond donors (Lipinski definition) is 4. The van der Waals surface area contributed by atoms with Crippen LogP contribution in [0, 0.1) is 12.8 Å². The molecule has 0 spiro atoms. The minimum Gasteiger partial charge on any atom is -0.492 e. The van der Waals surface area contributed by atoms with E-state index in [1.165, 1.54) is 30.0 Å². The largest absolute Gasteiger partial charge is 0.492 e. The van der Waals surface area contributed by atoms with Crippen LogP contribution in [0.4, 0.5) is 0 Å². The van der Waals surface area contributed by atoms with Crippen LogP contribution in [0.5, 0.6) is 5.75 Å². The number of nitrogens with zero attached hydrogens (tertiary/aromatic N) is 5. The molecule has 15 nitrogen and oxygen atoms in total. The van der Waals surface area contributed by atoms with Gasteiger partial charge in [-0.05, 0) is 44.4 Å². The fraction of sp³-hybridized carbons (Fsp3) is 0.516. The molecule has 254 valence electrons. The lowest BCUT2D eigenvalue weighted by molar-refractivity contribution is -0.131. The average Bonchev–Trinajstić information content (AvgIpc) is 3.67. The van der Waals surface area contributed by atoms with E-state index in [1.54, 1.807) is 23.9 Å². The predicted molar refractivity (Wildman–Crippen MR) is 170 cm³/mol. The molecule has 47 heavy (non-hydrogen) atoms. The van der Waals surface area contributed by atoms with Gasteiger partial charge in [-0.15, -0.1) is 5.10 Å². The third kappa shape index (κ3) is 9.99. The van der Waals surface area contributed by atoms with Crippen LogP contribution in [0.15, 0.2) is 35.0 Å². The van der Waals surface area contributed by atoms with E-state index < -0.39 is 35.9 Å². The van der Waals surface area contributed by atoms with Crippen LogP contribution in [-0.4, -0.2) is 98.2 Å². The number of rotatable bonds is 4. The Bertz CT molecular complexity index is 1560. The molecule has 0 radical (unpaired) electrons. The number of aliphatic hydroxyl groups excluding tert-OH is 1. The van der Waals surface area contributed by atoms with E-state index in [1.807, 2.05) is 13.8 Å². The van der Waals surface area contributed by atoms with Gasteiger partial charge in [0.25, 0.3) is 11.8 Å². The summed E-state index contributed by atoms with van der Waals surface area (Å²) >= 11 is 6.39. The SMILES string of the molecule is Cc1cc(C(=O)N2CCNC(=O)[C@@H](CC(C)C)NC(=O)[C@H]([C@@H](C)O)NC(=O)c3ccc(c(Cl)c3)OCCCn3cc(nn3)CC2)no1. The minimum absolute atomic E-state index is 0.0160. The van der Waals surface area contributed by atoms with Crippen LogP contribution in [0.3, 0.4) is 0 Å². The summed E-state index contributed by atoms with van der Waals surface area (Å²) in [5.74, 6) is -1.37. The number of aryl methyl sites for hydroxylation is 2. The van der Waals surface area contributed by atoms with Gasteiger partial charge in [0, 0.05) is 56.8 Å². The number of fused-ring (bicyclic) bond motifs is 17. The number of amides is 4. The number of carbonyl (C=O) groups is 4. The molecule has 0 aliphatic carbocycles. The third-order valence-corrected chi connectivity index (χ3v) is 7.71. The first-order valence-corrected chi connectivity index (χ1v) is 15.9. The van der Waals surface area contributed by atoms with E-state index in [0.29, 0.717) is 43.2 Å². The predicted octanol–water partition coefficient (Wildman–Crippen LogP) is 1.52. The number of nitrogens with one attached hydrogen (secondary N) is 3. The molecule has 0 saturated heterocycles. The van der Waals surface area contributed by atoms with Gasteiger partial charge in [0.2, 0.25) is 11.8 Å². The Labute approximate surface area is 277 Å². The molecule has 0 saturated carbocycles. The Balaban J connectivity index is 1.57. The fourth-order valence-corrected chi connectivity index (χ4v) is 5.19. The van der Waals surface area contributed by atoms with E-state index >= 15 is 0 Å². The van der Waals surface area contributed by atoms with Crippen molar-refractivity contribution < 1.29 is 33.5 Å². The Kier molecular flexibility index (Phi) is 12.3. The number of aromatic nitrogens is 4. The zero-order valence-electron chi connectivity index (χ0n) is 26.9. The third-order valence-electron chi connectivity index (χ3n) is 7.41. The Morgan fingerprint density at radius 2 is 1.89 bits per heavy atom. The second-order valence-corrected chi connectivity index (χ2v) is 12.3. The van der Waals surface area contributed by atoms with Crippen LogP contribution >= 0.6 is 11.6 Å². The maximum absolute atomic E-state index is 13.3. The second-order valence-electron chi connectivity index (χ2n) is 11.9. The van der Waals surface area contributed by atoms with Crippen molar-refractivity contribution in [3.63, 3.8) is 0 Å². The fourth-order valence-electron chi connectivity index (χ4n) is 4.96. The number of ether oxygens (including phenoxy) is 1. The molecule has 2 aromatic heterocycles. The maximum Gasteiger partial charge on any atom is 0.276 e. The van der Waals surface area contributed by atoms with Crippen molar-refractivity contribution in [2.24, 2.45) is 5.92 Å². The van der Waals surface area contributed by atoms with Gasteiger partial charge in [0.1, 0.15) is 23.6 Å². The highest BCUT2D eigenvalue weighted by Gasteiger charge is 2.31. The van der Waals surface area contributed by atoms with Gasteiger partial charge >= 0.3 is 0 Å². The van der Waals surface area contributed by atoms with Crippen molar-refractivity contribution in [3.05, 3.63) is 58.2 Å². The molecule has 2 aliphatic heterocycles. The molecule has 0 fully saturated rings. The lowest BCUT2D eigenvalue weighted by atomic mass is 10.0. The monoisotopic (exact) mass is 672 g/mol. The Morgan fingerprint density at radius 3 is 2.57 bits per heavy atom. The van der Waals surface area contributed by atoms with Crippen LogP contribution in [0.25, 0.3) is 0 Å². The van der Waals surface area contributed by atoms with Gasteiger partial charge in [-0.25, -0.2) is 0 Å². The highest BCUT2D eigenvalue weighted by molar-refractivity contribution is 6.32. The molecule has 2 aliphatic rings. The summed E-state index contributed by atoms with van der Waals surface area (Å²) in [6.07, 6.45) is 1.78. The number of benzene rings is 1. The highest BCUT2D eigenvalue weighted by Crippen LogP contribution is 2.26. The lowest BCUT2D eigenvalue weighted by Gasteiger charge is -2.26. The van der Waals surface area contributed by atoms with E-state index in [9.17, 15) is 24.3 Å². The van der Waals surface area contributed by atoms with Crippen LogP contribution in [0.1, 0.15) is 65.9 Å². The first-order chi connectivity index (χ1) is 22.4. The Hall–Kier alpha value is -4.50. The number of aliphatic hydroxyl groups is 1. The highest BCUT2D eigenvalue weighted by atomic mass is 35.5. The molecule has 4 N–H and O–H groups in total. The van der Waals surface area contributed by atoms with Gasteiger partial charge in [-0.3, -0.25) is 23.9 Å². The quantitative estimate of drug-likeness (QED) is 0.295. The van der Waals surface area contributed by atoms with Gasteiger partial charge < -0.3 is 35.2 Å². The maximum atomic E-state index is 13.3. The van der Waals surface area contributed by atoms with Gasteiger partial charge in [0.15, 0.2) is 5.69 Å². The normalized spacial score (nSPS) is 19.7. The number of carbonyl (C=O) groups excluding carboxylic acids is 4. The van der Waals surface area contributed by atoms with Crippen molar-refractivity contribution >= 4 is 35.2 Å². The van der Waals surface area contributed by atoms with E-state index in [-0.39, 0.29) is 54.2 Å². The van der Waals surface area contributed by atoms with Crippen molar-refractivity contribution in [3.8, 4) is 5.75 Å². The van der Waals surface area contributed by atoms with Crippen molar-refractivity contribution in [2.45, 2.75) is 71.7 Å². The first-order valence-electron chi connectivity index (χ1n) is 15.5. The number of hydrogen-bond acceptors (Lipinski definition) is 10. The molecule has 16 heteroatoms. The smallest absolute Gasteiger partial charge is 0.276 e. The summed E-state index contributed by atoms with van der Waals surface area (Å²) in [5.41, 5.74) is 0.959. The molecule has 1 aromatic carbocycles. The first kappa shape index (κ1) is 35.4. The van der Waals surface area contributed by atoms with E-state index in [2.05, 4.69) is 31.4 Å². The molecule has 3 aromatic rings. The average molecular weight is 673 g/mol. The molecule has 5 rings (SSSR count). The van der Waals surface area contributed by atoms with Crippen molar-refractivity contribution in [2.75, 3.05) is 26.2 Å². The van der Waals surface area contributed by atoms with Crippen LogP contribution in [-0.2, 0) is 22.6 Å². The second kappa shape index (κ2) is 16.4. The van der Waals surface area contributed by atoms with Crippen molar-refractivity contribution in [1.82, 2.24) is 41.0 Å². The molecule has 4 heterocycles. The van der Waals surface area contributed by atoms with Crippen molar-refractivity contribution in [1.29, 1.82) is 0 Å². The van der Waals surface area contributed by atoms with Gasteiger partial charge in [0.05, 0.1) is 23.4 Å². The molecule has 4 amide bonds. The summed E-state index contributed by atoms with van der Waals surface area (Å²) in [6, 6.07) is 3.67. The summed E-state index contributed by atoms with van der Waals surface area (Å²) in [4.78, 5) is 54.6. The molecule has 3 atom stereocenters. The van der Waals surface area contributed by atoms with Crippen LogP contribution < -0.4 is 20.7 Å². The summed E-state index contributed by atoms with van der Waals surface area (Å²) in [7, 11) is 0. The zero-order chi connectivity index (χ0) is 34.1. The standard InChI is InChI=1S/C31H41ClN8O7/c1-18(2)14-24-29(43)33-9-12-39(31(45)25-15-19(3)47-37-25)11-8-22-17-40(38-36-22)10-5-13-46-26-7-6-21(16-23(26)32)28(42)35-27(20(4)41)30(44)34-24/h6-7,15-18,20,24,27,41H,5,8-14H2,1-4H3,(H,33,43)(H,34,44)(H,35,42)/t20-,24-,27+/m1/s1. The molecule has 4 bridgehead atoms. The summed E-state index contributed by atoms with van der Waals surface area (Å²) in [6.45, 7) is 8.14. The molecular formula is C31H41ClN8O7. The molecular weight excluding hydrogens is 632 g/mol. The summed E-state index contributed by atoms with van der Waals surface area (Å²) < 4.78 is 12.6. The topological polar surface area (TPSA) is 194 Å². The van der Waals surface area contributed by atoms with Gasteiger partial charge in [-0.2, -0.15) is 0 Å². The number of halogens is 1. The van der Waals surface area contributed by atoms with Gasteiger partial charge in [-0.1, -0.05) is 35.8 Å². The lowest BCUT2D eigenvalue weighted by Crippen LogP contribution is -2.57. The minimum atomic E-state index is -1.36. The Morgan fingerprint density at radius 1 is 1.11 bits per heavy atom.